The van der Waals surface area contributed by atoms with Crippen LogP contribution in [0.15, 0.2) is 34.0 Å². The number of aliphatic hydroxyl groups excluding tert-OH is 2. The van der Waals surface area contributed by atoms with E-state index in [-0.39, 0.29) is 23.5 Å². The van der Waals surface area contributed by atoms with Crippen LogP contribution in [-0.4, -0.2) is 44.4 Å². The zero-order chi connectivity index (χ0) is 22.6. The predicted octanol–water partition coefficient (Wildman–Crippen LogP) is 0.634. The summed E-state index contributed by atoms with van der Waals surface area (Å²) >= 11 is 0. The summed E-state index contributed by atoms with van der Waals surface area (Å²) in [7, 11) is -4.37. The first kappa shape index (κ1) is 21.8. The number of nitrogens with zero attached hydrogens (tertiary/aromatic N) is 1. The van der Waals surface area contributed by atoms with Crippen LogP contribution in [-0.2, 0) is 25.0 Å². The molecule has 1 saturated heterocycles. The molecule has 31 heavy (non-hydrogen) atoms. The largest absolute Gasteiger partial charge is 0.530 e. The Morgan fingerprint density at radius 1 is 1.39 bits per heavy atom. The van der Waals surface area contributed by atoms with Crippen molar-refractivity contribution in [3.8, 4) is 5.75 Å². The minimum absolute atomic E-state index is 0.00459. The molecule has 0 aliphatic carbocycles. The van der Waals surface area contributed by atoms with Crippen molar-refractivity contribution in [2.24, 2.45) is 0 Å². The first-order chi connectivity index (χ1) is 14.5. The Morgan fingerprint density at radius 3 is 2.87 bits per heavy atom. The third kappa shape index (κ3) is 3.95. The number of aliphatic hydroxyl groups is 2. The average molecular weight is 462 g/mol. The second kappa shape index (κ2) is 7.62. The van der Waals surface area contributed by atoms with E-state index < -0.39 is 55.8 Å². The fourth-order valence-corrected chi connectivity index (χ4v) is 4.37. The predicted molar refractivity (Wildman–Crippen MR) is 97.4 cm³/mol. The number of rotatable bonds is 4. The van der Waals surface area contributed by atoms with Gasteiger partial charge >= 0.3 is 13.5 Å². The molecule has 1 aromatic carbocycles. The number of nitrogens with one attached hydrogen (secondary N) is 1. The number of aromatic amines is 1. The SMILES string of the molecule is Cc1cn([C@@H]2O[C@](F)(COP3(=O)OCc4cc(F)ccc4O3)[C@@H](O)[C@H]2O)c(=O)[nH]c1=O. The highest BCUT2D eigenvalue weighted by Crippen LogP contribution is 2.55. The van der Waals surface area contributed by atoms with Gasteiger partial charge in [-0.1, -0.05) is 0 Å². The van der Waals surface area contributed by atoms with Gasteiger partial charge in [0.1, 0.15) is 30.4 Å². The minimum atomic E-state index is -4.37. The third-order valence-corrected chi connectivity index (χ3v) is 6.14. The fraction of sp³-hybridized carbons (Fsp3) is 0.412. The summed E-state index contributed by atoms with van der Waals surface area (Å²) < 4.78 is 61.8. The Labute approximate surface area is 172 Å². The van der Waals surface area contributed by atoms with Crippen molar-refractivity contribution < 1.29 is 41.9 Å². The molecule has 3 N–H and O–H groups in total. The number of fused-ring (bicyclic) bond motifs is 1. The lowest BCUT2D eigenvalue weighted by Crippen LogP contribution is -2.43. The molecule has 3 heterocycles. The Hall–Kier alpha value is -2.41. The number of aromatic nitrogens is 2. The first-order valence-electron chi connectivity index (χ1n) is 8.93. The minimum Gasteiger partial charge on any atom is -0.404 e. The number of H-pyrrole nitrogens is 1. The number of ether oxygens (including phenoxy) is 1. The second-order valence-corrected chi connectivity index (χ2v) is 8.64. The quantitative estimate of drug-likeness (QED) is 0.556. The molecule has 4 rings (SSSR count). The molecule has 11 nitrogen and oxygen atoms in total. The van der Waals surface area contributed by atoms with E-state index in [9.17, 15) is 28.8 Å². The molecule has 5 atom stereocenters. The van der Waals surface area contributed by atoms with E-state index in [2.05, 4.69) is 0 Å². The number of hydrogen-bond donors (Lipinski definition) is 3. The van der Waals surface area contributed by atoms with Gasteiger partial charge in [-0.15, -0.1) is 0 Å². The van der Waals surface area contributed by atoms with Crippen molar-refractivity contribution in [1.82, 2.24) is 9.55 Å². The molecule has 0 amide bonds. The first-order valence-corrected chi connectivity index (χ1v) is 10.4. The molecule has 1 aromatic heterocycles. The van der Waals surface area contributed by atoms with Crippen molar-refractivity contribution in [2.75, 3.05) is 6.61 Å². The van der Waals surface area contributed by atoms with Crippen LogP contribution in [0.25, 0.3) is 0 Å². The van der Waals surface area contributed by atoms with E-state index in [0.717, 1.165) is 18.3 Å². The summed E-state index contributed by atoms with van der Waals surface area (Å²) in [6.45, 7) is -0.178. The zero-order valence-corrected chi connectivity index (χ0v) is 16.8. The number of phosphoric ester groups is 1. The van der Waals surface area contributed by atoms with Gasteiger partial charge in [0.05, 0.1) is 6.61 Å². The van der Waals surface area contributed by atoms with Gasteiger partial charge in [-0.2, -0.15) is 0 Å². The summed E-state index contributed by atoms with van der Waals surface area (Å²) in [5.41, 5.74) is -1.37. The third-order valence-electron chi connectivity index (χ3n) is 4.82. The van der Waals surface area contributed by atoms with Gasteiger partial charge in [0.2, 0.25) is 0 Å². The standard InChI is InChI=1S/C17H17F2N2O9P/c1-8-5-21(16(25)20-14(8)24)15-12(22)13(23)17(19,29-15)7-28-31(26)27-6-9-4-10(18)2-3-11(9)30-31/h2-5,12-13,15,22-23H,6-7H2,1H3,(H,20,24,25)/t12-,13+,15-,17-,31?/m1/s1. The second-order valence-electron chi connectivity index (χ2n) is 7.05. The Morgan fingerprint density at radius 2 is 2.13 bits per heavy atom. The van der Waals surface area contributed by atoms with Gasteiger partial charge in [-0.25, -0.2) is 18.1 Å². The molecule has 0 radical (unpaired) electrons. The molecule has 14 heteroatoms. The molecule has 0 spiro atoms. The van der Waals surface area contributed by atoms with Crippen molar-refractivity contribution in [2.45, 2.75) is 37.8 Å². The lowest BCUT2D eigenvalue weighted by molar-refractivity contribution is -0.205. The van der Waals surface area contributed by atoms with E-state index in [1.54, 1.807) is 0 Å². The van der Waals surface area contributed by atoms with Gasteiger partial charge in [0.25, 0.3) is 11.4 Å². The van der Waals surface area contributed by atoms with Gasteiger partial charge in [-0.3, -0.25) is 23.4 Å². The molecular formula is C17H17F2N2O9P. The van der Waals surface area contributed by atoms with Crippen molar-refractivity contribution in [3.63, 3.8) is 0 Å². The van der Waals surface area contributed by atoms with Crippen LogP contribution in [0.1, 0.15) is 17.4 Å². The summed E-state index contributed by atoms with van der Waals surface area (Å²) in [5, 5.41) is 20.3. The summed E-state index contributed by atoms with van der Waals surface area (Å²) in [6, 6.07) is 3.35. The average Bonchev–Trinajstić information content (AvgIpc) is 2.94. The number of benzene rings is 1. The fourth-order valence-electron chi connectivity index (χ4n) is 3.14. The highest BCUT2D eigenvalue weighted by Gasteiger charge is 2.57. The summed E-state index contributed by atoms with van der Waals surface area (Å²) in [4.78, 5) is 25.5. The van der Waals surface area contributed by atoms with Crippen molar-refractivity contribution in [3.05, 3.63) is 62.2 Å². The number of aryl methyl sites for hydroxylation is 1. The molecule has 2 aliphatic heterocycles. The topological polar surface area (TPSA) is 149 Å². The van der Waals surface area contributed by atoms with Gasteiger partial charge in [-0.05, 0) is 25.1 Å². The van der Waals surface area contributed by atoms with Crippen LogP contribution in [0.2, 0.25) is 0 Å². The summed E-state index contributed by atoms with van der Waals surface area (Å²) in [6.07, 6.45) is -4.84. The van der Waals surface area contributed by atoms with Crippen molar-refractivity contribution in [1.29, 1.82) is 0 Å². The Kier molecular flexibility index (Phi) is 5.36. The van der Waals surface area contributed by atoms with Gasteiger partial charge < -0.3 is 19.5 Å². The molecular weight excluding hydrogens is 445 g/mol. The number of alkyl halides is 1. The number of hydrogen-bond acceptors (Lipinski definition) is 9. The van der Waals surface area contributed by atoms with E-state index in [0.29, 0.717) is 4.57 Å². The normalized spacial score (nSPS) is 32.5. The maximum Gasteiger partial charge on any atom is 0.530 e. The molecule has 0 bridgehead atoms. The number of halogens is 2. The summed E-state index contributed by atoms with van der Waals surface area (Å²) in [5.74, 6) is -3.67. The maximum absolute atomic E-state index is 15.3. The van der Waals surface area contributed by atoms with Crippen LogP contribution >= 0.6 is 7.82 Å². The Balaban J connectivity index is 1.52. The lowest BCUT2D eigenvalue weighted by atomic mass is 10.1. The van der Waals surface area contributed by atoms with Crippen molar-refractivity contribution >= 4 is 7.82 Å². The van der Waals surface area contributed by atoms with E-state index in [1.807, 2.05) is 4.98 Å². The number of phosphoric acid groups is 1. The van der Waals surface area contributed by atoms with Crippen LogP contribution in [0.4, 0.5) is 8.78 Å². The van der Waals surface area contributed by atoms with Crippen LogP contribution in [0.3, 0.4) is 0 Å². The molecule has 168 valence electrons. The van der Waals surface area contributed by atoms with Crippen LogP contribution in [0, 0.1) is 12.7 Å². The van der Waals surface area contributed by atoms with E-state index in [4.69, 9.17) is 18.3 Å². The lowest BCUT2D eigenvalue weighted by Gasteiger charge is -2.28. The molecule has 2 aliphatic rings. The van der Waals surface area contributed by atoms with Gasteiger partial charge in [0, 0.05) is 17.3 Å². The smallest absolute Gasteiger partial charge is 0.404 e. The molecule has 2 aromatic rings. The van der Waals surface area contributed by atoms with Gasteiger partial charge in [0.15, 0.2) is 6.23 Å². The van der Waals surface area contributed by atoms with E-state index in [1.165, 1.54) is 13.0 Å². The molecule has 1 fully saturated rings. The maximum atomic E-state index is 15.3. The monoisotopic (exact) mass is 462 g/mol. The highest BCUT2D eigenvalue weighted by molar-refractivity contribution is 7.49. The van der Waals surface area contributed by atoms with Crippen LogP contribution in [0.5, 0.6) is 5.75 Å². The Bertz CT molecular complexity index is 1180. The molecule has 0 saturated carbocycles. The molecule has 1 unspecified atom stereocenters. The highest BCUT2D eigenvalue weighted by atomic mass is 31.2. The van der Waals surface area contributed by atoms with E-state index >= 15 is 4.39 Å². The van der Waals surface area contributed by atoms with Crippen LogP contribution < -0.4 is 15.8 Å². The zero-order valence-electron chi connectivity index (χ0n) is 15.9.